The molecule has 31 heavy (non-hydrogen) atoms. The Hall–Kier alpha value is -1.31. The van der Waals surface area contributed by atoms with Crippen LogP contribution in [0, 0.1) is 6.92 Å². The third kappa shape index (κ3) is 5.74. The third-order valence-electron chi connectivity index (χ3n) is 4.53. The number of piperazine rings is 1. The van der Waals surface area contributed by atoms with Crippen LogP contribution in [0.5, 0.6) is 0 Å². The van der Waals surface area contributed by atoms with Gasteiger partial charge in [0, 0.05) is 31.4 Å². The van der Waals surface area contributed by atoms with Crippen molar-refractivity contribution < 1.29 is 22.7 Å². The van der Waals surface area contributed by atoms with E-state index in [1.807, 2.05) is 4.90 Å². The molecular formula is C18H23BrF3N5O2S2. The number of thiazole rings is 1. The molecule has 0 aliphatic carbocycles. The van der Waals surface area contributed by atoms with Crippen LogP contribution in [0.25, 0.3) is 5.13 Å². The lowest BCUT2D eigenvalue weighted by atomic mass is 10.3. The van der Waals surface area contributed by atoms with Crippen molar-refractivity contribution in [1.29, 1.82) is 0 Å². The van der Waals surface area contributed by atoms with Gasteiger partial charge >= 0.3 is 12.1 Å². The summed E-state index contributed by atoms with van der Waals surface area (Å²) >= 11 is 6.42. The summed E-state index contributed by atoms with van der Waals surface area (Å²) in [7, 11) is 1.30. The van der Waals surface area contributed by atoms with Crippen LogP contribution in [-0.4, -0.2) is 76.9 Å². The first-order valence-electron chi connectivity index (χ1n) is 9.55. The molecular weight excluding hydrogens is 519 g/mol. The minimum atomic E-state index is -4.20. The summed E-state index contributed by atoms with van der Waals surface area (Å²) in [6.45, 7) is 6.47. The molecule has 2 aromatic heterocycles. The molecule has 0 unspecified atom stereocenters. The second kappa shape index (κ2) is 9.67. The molecule has 1 aliphatic rings. The molecule has 0 atom stereocenters. The summed E-state index contributed by atoms with van der Waals surface area (Å²) in [5.41, 5.74) is 0.868. The summed E-state index contributed by atoms with van der Waals surface area (Å²) in [5.74, 6) is 0.175. The van der Waals surface area contributed by atoms with Crippen molar-refractivity contribution in [1.82, 2.24) is 19.7 Å². The van der Waals surface area contributed by atoms with E-state index >= 15 is 0 Å². The quantitative estimate of drug-likeness (QED) is 0.397. The molecule has 0 aromatic carbocycles. The fourth-order valence-electron chi connectivity index (χ4n) is 3.16. The Balaban J connectivity index is 1.92. The number of alkyl halides is 3. The van der Waals surface area contributed by atoms with E-state index in [4.69, 9.17) is 9.72 Å². The molecule has 3 heterocycles. The van der Waals surface area contributed by atoms with Gasteiger partial charge in [-0.3, -0.25) is 4.90 Å². The van der Waals surface area contributed by atoms with Crippen LogP contribution in [0.15, 0.2) is 8.68 Å². The molecule has 0 N–H and O–H groups in total. The van der Waals surface area contributed by atoms with Gasteiger partial charge in [0.2, 0.25) is 5.13 Å². The number of carbonyl (C=O) groups is 1. The molecule has 1 saturated heterocycles. The maximum absolute atomic E-state index is 12.7. The van der Waals surface area contributed by atoms with Crippen LogP contribution in [0.4, 0.5) is 19.0 Å². The standard InChI is InChI=1S/C18H23BrF3N5O2S2/c1-10(2)30-16-14(26-7-5-25(6-8-26)9-18(20,21)22)23-17(31-16)27-13(15(28)29-4)12(19)11(3)24-27/h10H,5-9H2,1-4H3. The van der Waals surface area contributed by atoms with Crippen molar-refractivity contribution in [2.45, 2.75) is 36.4 Å². The first-order chi connectivity index (χ1) is 14.5. The number of rotatable bonds is 6. The van der Waals surface area contributed by atoms with Gasteiger partial charge in [0.05, 0.1) is 23.8 Å². The van der Waals surface area contributed by atoms with Crippen molar-refractivity contribution in [3.05, 3.63) is 15.9 Å². The zero-order valence-electron chi connectivity index (χ0n) is 17.5. The zero-order valence-corrected chi connectivity index (χ0v) is 20.7. The fourth-order valence-corrected chi connectivity index (χ4v) is 6.05. The van der Waals surface area contributed by atoms with Gasteiger partial charge in [0.1, 0.15) is 4.21 Å². The molecule has 0 saturated carbocycles. The summed E-state index contributed by atoms with van der Waals surface area (Å²) in [5, 5.41) is 5.22. The van der Waals surface area contributed by atoms with Crippen molar-refractivity contribution in [3.63, 3.8) is 0 Å². The zero-order chi connectivity index (χ0) is 22.9. The van der Waals surface area contributed by atoms with E-state index in [-0.39, 0.29) is 10.9 Å². The Labute approximate surface area is 195 Å². The van der Waals surface area contributed by atoms with Gasteiger partial charge in [-0.25, -0.2) is 4.79 Å². The molecule has 1 fully saturated rings. The molecule has 0 spiro atoms. The number of methoxy groups -OCH3 is 1. The number of esters is 1. The van der Waals surface area contributed by atoms with Gasteiger partial charge in [0.25, 0.3) is 0 Å². The summed E-state index contributed by atoms with van der Waals surface area (Å²) in [4.78, 5) is 20.5. The maximum Gasteiger partial charge on any atom is 0.401 e. The molecule has 0 radical (unpaired) electrons. The van der Waals surface area contributed by atoms with Gasteiger partial charge in [-0.15, -0.1) is 11.8 Å². The molecule has 0 bridgehead atoms. The Morgan fingerprint density at radius 3 is 2.48 bits per heavy atom. The number of nitrogens with zero attached hydrogens (tertiary/aromatic N) is 5. The predicted molar refractivity (Wildman–Crippen MR) is 119 cm³/mol. The number of thioether (sulfide) groups is 1. The Morgan fingerprint density at radius 2 is 1.94 bits per heavy atom. The minimum absolute atomic E-state index is 0.247. The Kier molecular flexibility index (Phi) is 7.59. The Morgan fingerprint density at radius 1 is 1.29 bits per heavy atom. The van der Waals surface area contributed by atoms with E-state index in [1.165, 1.54) is 28.0 Å². The number of hydrogen-bond acceptors (Lipinski definition) is 8. The number of ether oxygens (including phenoxy) is 1. The largest absolute Gasteiger partial charge is 0.464 e. The number of hydrogen-bond donors (Lipinski definition) is 0. The van der Waals surface area contributed by atoms with E-state index < -0.39 is 18.7 Å². The highest BCUT2D eigenvalue weighted by Crippen LogP contribution is 2.40. The minimum Gasteiger partial charge on any atom is -0.464 e. The van der Waals surface area contributed by atoms with Gasteiger partial charge in [-0.05, 0) is 22.9 Å². The molecule has 3 rings (SSSR count). The van der Waals surface area contributed by atoms with Crippen LogP contribution in [0.3, 0.4) is 0 Å². The fraction of sp³-hybridized carbons (Fsp3) is 0.611. The highest BCUT2D eigenvalue weighted by atomic mass is 79.9. The molecule has 2 aromatic rings. The van der Waals surface area contributed by atoms with E-state index in [1.54, 1.807) is 18.7 Å². The lowest BCUT2D eigenvalue weighted by Crippen LogP contribution is -2.49. The number of carbonyl (C=O) groups excluding carboxylic acids is 1. The van der Waals surface area contributed by atoms with Crippen molar-refractivity contribution in [2.24, 2.45) is 0 Å². The lowest BCUT2D eigenvalue weighted by molar-refractivity contribution is -0.146. The Bertz CT molecular complexity index is 940. The summed E-state index contributed by atoms with van der Waals surface area (Å²) in [6, 6.07) is 0. The maximum atomic E-state index is 12.7. The normalized spacial score (nSPS) is 15.7. The van der Waals surface area contributed by atoms with Crippen molar-refractivity contribution >= 4 is 50.8 Å². The van der Waals surface area contributed by atoms with E-state index in [9.17, 15) is 18.0 Å². The van der Waals surface area contributed by atoms with Gasteiger partial charge < -0.3 is 9.64 Å². The summed E-state index contributed by atoms with van der Waals surface area (Å²) in [6.07, 6.45) is -4.20. The molecule has 0 amide bonds. The highest BCUT2D eigenvalue weighted by Gasteiger charge is 2.33. The van der Waals surface area contributed by atoms with Crippen LogP contribution in [0.2, 0.25) is 0 Å². The number of aromatic nitrogens is 3. The van der Waals surface area contributed by atoms with Crippen molar-refractivity contribution in [3.8, 4) is 5.13 Å². The van der Waals surface area contributed by atoms with Crippen LogP contribution < -0.4 is 4.90 Å². The van der Waals surface area contributed by atoms with Crippen LogP contribution in [0.1, 0.15) is 30.0 Å². The molecule has 7 nitrogen and oxygen atoms in total. The first kappa shape index (κ1) is 24.3. The van der Waals surface area contributed by atoms with Gasteiger partial charge in [-0.2, -0.15) is 27.9 Å². The second-order valence-corrected chi connectivity index (χ2v) is 10.9. The first-order valence-corrected chi connectivity index (χ1v) is 12.0. The second-order valence-electron chi connectivity index (χ2n) is 7.30. The monoisotopic (exact) mass is 541 g/mol. The topological polar surface area (TPSA) is 63.5 Å². The smallest absolute Gasteiger partial charge is 0.401 e. The molecule has 172 valence electrons. The number of aryl methyl sites for hydroxylation is 1. The SMILES string of the molecule is COC(=O)c1c(Br)c(C)nn1-c1nc(N2CCN(CC(F)(F)F)CC2)c(SC(C)C)s1. The van der Waals surface area contributed by atoms with Gasteiger partial charge in [-0.1, -0.05) is 25.2 Å². The van der Waals surface area contributed by atoms with E-state index in [0.29, 0.717) is 47.3 Å². The molecule has 13 heteroatoms. The van der Waals surface area contributed by atoms with Crippen LogP contribution in [-0.2, 0) is 4.74 Å². The number of anilines is 1. The molecule has 1 aliphatic heterocycles. The average Bonchev–Trinajstić information content (AvgIpc) is 3.21. The van der Waals surface area contributed by atoms with E-state index in [0.717, 1.165) is 4.21 Å². The predicted octanol–water partition coefficient (Wildman–Crippen LogP) is 4.37. The summed E-state index contributed by atoms with van der Waals surface area (Å²) < 4.78 is 45.9. The third-order valence-corrected chi connectivity index (χ3v) is 7.70. The van der Waals surface area contributed by atoms with E-state index in [2.05, 4.69) is 34.9 Å². The van der Waals surface area contributed by atoms with Crippen LogP contribution >= 0.6 is 39.0 Å². The lowest BCUT2D eigenvalue weighted by Gasteiger charge is -2.35. The highest BCUT2D eigenvalue weighted by molar-refractivity contribution is 9.10. The number of halogens is 4. The average molecular weight is 542 g/mol. The van der Waals surface area contributed by atoms with Gasteiger partial charge in [0.15, 0.2) is 11.5 Å². The van der Waals surface area contributed by atoms with Crippen molar-refractivity contribution in [2.75, 3.05) is 44.7 Å².